The van der Waals surface area contributed by atoms with E-state index < -0.39 is 0 Å². The van der Waals surface area contributed by atoms with Crippen LogP contribution in [0.2, 0.25) is 0 Å². The van der Waals surface area contributed by atoms with Crippen molar-refractivity contribution < 1.29 is 0 Å². The molecule has 1 aliphatic heterocycles. The summed E-state index contributed by atoms with van der Waals surface area (Å²) in [5, 5.41) is 0. The molecule has 2 aromatic heterocycles. The average molecular weight is 259 g/mol. The Balaban J connectivity index is 1.96. The highest BCUT2D eigenvalue weighted by Crippen LogP contribution is 2.27. The summed E-state index contributed by atoms with van der Waals surface area (Å²) < 4.78 is 2.04. The predicted octanol–water partition coefficient (Wildman–Crippen LogP) is 1.53. The molecule has 2 N–H and O–H groups in total. The summed E-state index contributed by atoms with van der Waals surface area (Å²) in [6.07, 6.45) is 5.87. The number of rotatable bonds is 2. The van der Waals surface area contributed by atoms with Crippen molar-refractivity contribution in [1.29, 1.82) is 0 Å². The quantitative estimate of drug-likeness (QED) is 0.888. The molecule has 5 nitrogen and oxygen atoms in total. The van der Waals surface area contributed by atoms with Crippen molar-refractivity contribution in [3.63, 3.8) is 0 Å². The van der Waals surface area contributed by atoms with E-state index in [1.54, 1.807) is 0 Å². The van der Waals surface area contributed by atoms with E-state index in [0.29, 0.717) is 12.0 Å². The Hall–Kier alpha value is -1.62. The molecule has 5 heteroatoms. The number of hydrogen-bond donors (Lipinski definition) is 1. The van der Waals surface area contributed by atoms with Gasteiger partial charge in [-0.3, -0.25) is 0 Å². The van der Waals surface area contributed by atoms with Crippen LogP contribution in [0.4, 0.5) is 5.82 Å². The van der Waals surface area contributed by atoms with E-state index in [1.165, 1.54) is 0 Å². The van der Waals surface area contributed by atoms with E-state index in [2.05, 4.69) is 21.8 Å². The number of imidazole rings is 1. The van der Waals surface area contributed by atoms with Gasteiger partial charge < -0.3 is 15.2 Å². The van der Waals surface area contributed by atoms with Gasteiger partial charge in [-0.1, -0.05) is 13.3 Å². The second kappa shape index (κ2) is 4.81. The first-order valence-corrected chi connectivity index (χ1v) is 6.97. The van der Waals surface area contributed by atoms with E-state index in [0.717, 1.165) is 42.8 Å². The van der Waals surface area contributed by atoms with Crippen molar-refractivity contribution in [3.05, 3.63) is 18.6 Å². The second-order valence-electron chi connectivity index (χ2n) is 5.42. The third kappa shape index (κ3) is 2.08. The molecule has 0 aromatic carbocycles. The van der Waals surface area contributed by atoms with Gasteiger partial charge in [0.25, 0.3) is 0 Å². The van der Waals surface area contributed by atoms with Crippen LogP contribution in [0, 0.1) is 5.92 Å². The zero-order valence-corrected chi connectivity index (χ0v) is 11.6. The summed E-state index contributed by atoms with van der Waals surface area (Å²) in [5.41, 5.74) is 8.31. The summed E-state index contributed by atoms with van der Waals surface area (Å²) >= 11 is 0. The van der Waals surface area contributed by atoms with E-state index >= 15 is 0 Å². The van der Waals surface area contributed by atoms with Crippen LogP contribution in [0.25, 0.3) is 11.0 Å². The van der Waals surface area contributed by atoms with Crippen molar-refractivity contribution in [2.75, 3.05) is 18.0 Å². The summed E-state index contributed by atoms with van der Waals surface area (Å²) in [7, 11) is 2.01. The van der Waals surface area contributed by atoms with Gasteiger partial charge in [0.1, 0.15) is 5.52 Å². The lowest BCUT2D eigenvalue weighted by atomic mass is 9.91. The number of aromatic nitrogens is 3. The van der Waals surface area contributed by atoms with Crippen LogP contribution in [0.1, 0.15) is 19.8 Å². The second-order valence-corrected chi connectivity index (χ2v) is 5.42. The van der Waals surface area contributed by atoms with Gasteiger partial charge in [0.15, 0.2) is 5.82 Å². The number of nitrogens with zero attached hydrogens (tertiary/aromatic N) is 4. The number of hydrogen-bond acceptors (Lipinski definition) is 4. The largest absolute Gasteiger partial charge is 0.354 e. The van der Waals surface area contributed by atoms with Crippen molar-refractivity contribution >= 4 is 16.9 Å². The molecule has 0 bridgehead atoms. The lowest BCUT2D eigenvalue weighted by molar-refractivity contribution is 0.347. The molecular formula is C14H21N5. The third-order valence-electron chi connectivity index (χ3n) is 4.24. The first-order chi connectivity index (χ1) is 9.20. The fraction of sp³-hybridized carbons (Fsp3) is 0.571. The molecule has 102 valence electrons. The lowest BCUT2D eigenvalue weighted by Gasteiger charge is -2.37. The van der Waals surface area contributed by atoms with Crippen LogP contribution in [-0.4, -0.2) is 33.7 Å². The van der Waals surface area contributed by atoms with Crippen LogP contribution < -0.4 is 10.6 Å². The van der Waals surface area contributed by atoms with E-state index in [4.69, 9.17) is 5.73 Å². The predicted molar refractivity (Wildman–Crippen MR) is 77.1 cm³/mol. The molecule has 1 aliphatic rings. The number of anilines is 1. The minimum absolute atomic E-state index is 0.323. The standard InChI is InChI=1S/C14H21N5/c1-3-10-8-19(7-5-11(10)15)14-13-12(4-6-16-14)18(2)9-17-13/h4,6,9-11H,3,5,7-8,15H2,1-2H3. The van der Waals surface area contributed by atoms with Crippen LogP contribution in [0.3, 0.4) is 0 Å². The molecule has 2 unspecified atom stereocenters. The van der Waals surface area contributed by atoms with Gasteiger partial charge in [-0.2, -0.15) is 0 Å². The monoisotopic (exact) mass is 259 g/mol. The van der Waals surface area contributed by atoms with Crippen molar-refractivity contribution in [2.24, 2.45) is 18.7 Å². The number of fused-ring (bicyclic) bond motifs is 1. The van der Waals surface area contributed by atoms with Crippen molar-refractivity contribution in [3.8, 4) is 0 Å². The van der Waals surface area contributed by atoms with Gasteiger partial charge in [-0.25, -0.2) is 9.97 Å². The third-order valence-corrected chi connectivity index (χ3v) is 4.24. The molecule has 0 radical (unpaired) electrons. The zero-order chi connectivity index (χ0) is 13.4. The Morgan fingerprint density at radius 1 is 1.42 bits per heavy atom. The molecule has 2 atom stereocenters. The van der Waals surface area contributed by atoms with Crippen molar-refractivity contribution in [1.82, 2.24) is 14.5 Å². The molecule has 0 aliphatic carbocycles. The molecule has 0 saturated carbocycles. The Labute approximate surface area is 113 Å². The molecule has 3 rings (SSSR count). The summed E-state index contributed by atoms with van der Waals surface area (Å²) in [4.78, 5) is 11.4. The normalized spacial score (nSPS) is 24.1. The number of piperidine rings is 1. The highest BCUT2D eigenvalue weighted by Gasteiger charge is 2.27. The molecule has 2 aromatic rings. The fourth-order valence-corrected chi connectivity index (χ4v) is 2.95. The SMILES string of the molecule is CCC1CN(c2nccc3c2ncn3C)CCC1N. The molecule has 0 amide bonds. The van der Waals surface area contributed by atoms with Crippen molar-refractivity contribution in [2.45, 2.75) is 25.8 Å². The van der Waals surface area contributed by atoms with E-state index in [1.807, 2.05) is 30.2 Å². The Morgan fingerprint density at radius 3 is 3.05 bits per heavy atom. The fourth-order valence-electron chi connectivity index (χ4n) is 2.95. The van der Waals surface area contributed by atoms with Crippen LogP contribution in [0.15, 0.2) is 18.6 Å². The minimum Gasteiger partial charge on any atom is -0.354 e. The maximum absolute atomic E-state index is 6.18. The van der Waals surface area contributed by atoms with Gasteiger partial charge in [0.05, 0.1) is 11.8 Å². The summed E-state index contributed by atoms with van der Waals surface area (Å²) in [6.45, 7) is 4.17. The Kier molecular flexibility index (Phi) is 3.14. The molecule has 3 heterocycles. The van der Waals surface area contributed by atoms with Gasteiger partial charge in [0.2, 0.25) is 0 Å². The van der Waals surface area contributed by atoms with E-state index in [9.17, 15) is 0 Å². The molecular weight excluding hydrogens is 238 g/mol. The van der Waals surface area contributed by atoms with Crippen LogP contribution >= 0.6 is 0 Å². The molecule has 1 fully saturated rings. The van der Waals surface area contributed by atoms with Crippen LogP contribution in [-0.2, 0) is 7.05 Å². The Morgan fingerprint density at radius 2 is 2.26 bits per heavy atom. The molecule has 19 heavy (non-hydrogen) atoms. The first kappa shape index (κ1) is 12.4. The maximum Gasteiger partial charge on any atom is 0.156 e. The topological polar surface area (TPSA) is 60.0 Å². The number of aryl methyl sites for hydroxylation is 1. The minimum atomic E-state index is 0.323. The van der Waals surface area contributed by atoms with Crippen LogP contribution in [0.5, 0.6) is 0 Å². The lowest BCUT2D eigenvalue weighted by Crippen LogP contribution is -2.47. The zero-order valence-electron chi connectivity index (χ0n) is 11.6. The van der Waals surface area contributed by atoms with E-state index in [-0.39, 0.29) is 0 Å². The highest BCUT2D eigenvalue weighted by molar-refractivity contribution is 5.86. The van der Waals surface area contributed by atoms with Gasteiger partial charge in [-0.15, -0.1) is 0 Å². The maximum atomic E-state index is 6.18. The number of pyridine rings is 1. The summed E-state index contributed by atoms with van der Waals surface area (Å²) in [6, 6.07) is 2.34. The molecule has 0 spiro atoms. The highest BCUT2D eigenvalue weighted by atomic mass is 15.2. The number of nitrogens with two attached hydrogens (primary N) is 1. The summed E-state index contributed by atoms with van der Waals surface area (Å²) in [5.74, 6) is 1.55. The van der Waals surface area contributed by atoms with Gasteiger partial charge in [0, 0.05) is 32.4 Å². The molecule has 1 saturated heterocycles. The average Bonchev–Trinajstić information content (AvgIpc) is 2.81. The van der Waals surface area contributed by atoms with Gasteiger partial charge >= 0.3 is 0 Å². The smallest absolute Gasteiger partial charge is 0.156 e. The first-order valence-electron chi connectivity index (χ1n) is 6.97. The van der Waals surface area contributed by atoms with Gasteiger partial charge in [-0.05, 0) is 18.4 Å². The Bertz CT molecular complexity index is 576.